The molecule has 0 aliphatic carbocycles. The Kier molecular flexibility index (Phi) is 9.55. The van der Waals surface area contributed by atoms with Crippen LogP contribution in [0.5, 0.6) is 0 Å². The number of rotatable bonds is 8. The molecule has 2 rings (SSSR count). The van der Waals surface area contributed by atoms with Gasteiger partial charge in [-0.1, -0.05) is 23.2 Å². The maximum absolute atomic E-state index is 13.1. The van der Waals surface area contributed by atoms with Gasteiger partial charge in [0, 0.05) is 31.2 Å². The summed E-state index contributed by atoms with van der Waals surface area (Å²) in [6.45, 7) is 3.26. The van der Waals surface area contributed by atoms with E-state index in [1.165, 1.54) is 34.9 Å². The first kappa shape index (κ1) is 25.1. The Morgan fingerprint density at radius 3 is 2.43 bits per heavy atom. The maximum atomic E-state index is 13.1. The van der Waals surface area contributed by atoms with E-state index in [2.05, 4.69) is 4.72 Å². The summed E-state index contributed by atoms with van der Waals surface area (Å²) in [6, 6.07) is 3.18. The molecule has 0 radical (unpaired) electrons. The van der Waals surface area contributed by atoms with Crippen molar-refractivity contribution >= 4 is 57.0 Å². The Labute approximate surface area is 191 Å². The number of carbonyl (C=O) groups excluding carboxylic acids is 2. The second-order valence-corrected chi connectivity index (χ2v) is 10.1. The molecular formula is C18H25Cl2N3O5S2. The Morgan fingerprint density at radius 2 is 1.83 bits per heavy atom. The number of sulfonamides is 1. The van der Waals surface area contributed by atoms with E-state index in [1.54, 1.807) is 11.8 Å². The standard InChI is InChI=1S/C18H25Cl2N3O5S2/c1-3-28-18(25)23-9-7-22(8-10-23)17(24)15(6-11-29-2)21-30(26,27)16-12-13(19)4-5-14(16)20/h4-5,12,15,21H,3,6-11H2,1-2H3. The molecule has 1 aromatic rings. The molecule has 1 aromatic carbocycles. The number of piperazine rings is 1. The lowest BCUT2D eigenvalue weighted by atomic mass is 10.2. The lowest BCUT2D eigenvalue weighted by Gasteiger charge is -2.36. The second-order valence-electron chi connectivity index (χ2n) is 6.54. The van der Waals surface area contributed by atoms with Crippen LogP contribution in [0.1, 0.15) is 13.3 Å². The van der Waals surface area contributed by atoms with Crippen molar-refractivity contribution in [3.05, 3.63) is 28.2 Å². The van der Waals surface area contributed by atoms with Gasteiger partial charge in [0.2, 0.25) is 15.9 Å². The fourth-order valence-corrected chi connectivity index (χ4v) is 5.40. The molecule has 1 aliphatic rings. The number of amides is 2. The summed E-state index contributed by atoms with van der Waals surface area (Å²) in [5, 5.41) is 0.243. The maximum Gasteiger partial charge on any atom is 0.409 e. The fraction of sp³-hybridized carbons (Fsp3) is 0.556. The number of ether oxygens (including phenoxy) is 1. The third kappa shape index (κ3) is 6.65. The lowest BCUT2D eigenvalue weighted by molar-refractivity contribution is -0.134. The Morgan fingerprint density at radius 1 is 1.20 bits per heavy atom. The van der Waals surface area contributed by atoms with Crippen LogP contribution in [0.3, 0.4) is 0 Å². The van der Waals surface area contributed by atoms with Crippen molar-refractivity contribution in [2.75, 3.05) is 44.8 Å². The minimum atomic E-state index is -4.07. The molecule has 1 N–H and O–H groups in total. The predicted octanol–water partition coefficient (Wildman–Crippen LogP) is 2.69. The van der Waals surface area contributed by atoms with Crippen molar-refractivity contribution in [3.8, 4) is 0 Å². The average Bonchev–Trinajstić information content (AvgIpc) is 2.72. The van der Waals surface area contributed by atoms with Crippen molar-refractivity contribution in [2.45, 2.75) is 24.3 Å². The normalized spacial score (nSPS) is 15.7. The van der Waals surface area contributed by atoms with E-state index < -0.39 is 22.2 Å². The first-order valence-electron chi connectivity index (χ1n) is 9.36. The molecule has 1 heterocycles. The van der Waals surface area contributed by atoms with Gasteiger partial charge in [0.1, 0.15) is 10.9 Å². The van der Waals surface area contributed by atoms with Crippen molar-refractivity contribution in [1.82, 2.24) is 14.5 Å². The summed E-state index contributed by atoms with van der Waals surface area (Å²) in [5.74, 6) is 0.250. The summed E-state index contributed by atoms with van der Waals surface area (Å²) in [4.78, 5) is 27.8. The van der Waals surface area contributed by atoms with Gasteiger partial charge < -0.3 is 14.5 Å². The fourth-order valence-electron chi connectivity index (χ4n) is 2.95. The molecule has 1 fully saturated rings. The zero-order chi connectivity index (χ0) is 22.3. The largest absolute Gasteiger partial charge is 0.450 e. The Balaban J connectivity index is 2.12. The van der Waals surface area contributed by atoms with E-state index >= 15 is 0 Å². The van der Waals surface area contributed by atoms with Crippen LogP contribution in [0, 0.1) is 0 Å². The minimum absolute atomic E-state index is 0.0195. The molecule has 0 aromatic heterocycles. The third-order valence-corrected chi connectivity index (χ3v) is 7.34. The Bertz CT molecular complexity index is 861. The van der Waals surface area contributed by atoms with Crippen LogP contribution in [0.2, 0.25) is 10.0 Å². The monoisotopic (exact) mass is 497 g/mol. The van der Waals surface area contributed by atoms with Gasteiger partial charge in [-0.3, -0.25) is 4.79 Å². The SMILES string of the molecule is CCOC(=O)N1CCN(C(=O)C(CCSC)NS(=O)(=O)c2cc(Cl)ccc2Cl)CC1. The number of carbonyl (C=O) groups is 2. The molecule has 12 heteroatoms. The van der Waals surface area contributed by atoms with Crippen LogP contribution in [0.4, 0.5) is 4.79 Å². The number of benzene rings is 1. The molecule has 1 aliphatic heterocycles. The lowest BCUT2D eigenvalue weighted by Crippen LogP contribution is -2.56. The van der Waals surface area contributed by atoms with E-state index in [0.29, 0.717) is 38.4 Å². The molecule has 1 atom stereocenters. The van der Waals surface area contributed by atoms with Gasteiger partial charge in [-0.25, -0.2) is 13.2 Å². The van der Waals surface area contributed by atoms with E-state index in [9.17, 15) is 18.0 Å². The summed E-state index contributed by atoms with van der Waals surface area (Å²) in [5.41, 5.74) is 0. The van der Waals surface area contributed by atoms with Crippen LogP contribution < -0.4 is 4.72 Å². The minimum Gasteiger partial charge on any atom is -0.450 e. The number of nitrogens with zero attached hydrogens (tertiary/aromatic N) is 2. The zero-order valence-electron chi connectivity index (χ0n) is 16.8. The number of nitrogens with one attached hydrogen (secondary N) is 1. The molecule has 1 unspecified atom stereocenters. The highest BCUT2D eigenvalue weighted by Crippen LogP contribution is 2.25. The van der Waals surface area contributed by atoms with Gasteiger partial charge in [0.15, 0.2) is 0 Å². The first-order chi connectivity index (χ1) is 14.2. The highest BCUT2D eigenvalue weighted by Gasteiger charge is 2.32. The highest BCUT2D eigenvalue weighted by molar-refractivity contribution is 7.98. The third-order valence-electron chi connectivity index (χ3n) is 4.51. The summed E-state index contributed by atoms with van der Waals surface area (Å²) in [6.07, 6.45) is 1.78. The van der Waals surface area contributed by atoms with Crippen LogP contribution in [0.15, 0.2) is 23.1 Å². The summed E-state index contributed by atoms with van der Waals surface area (Å²) in [7, 11) is -4.07. The molecule has 0 saturated carbocycles. The molecule has 2 amide bonds. The quantitative estimate of drug-likeness (QED) is 0.592. The van der Waals surface area contributed by atoms with Gasteiger partial charge in [-0.15, -0.1) is 0 Å². The zero-order valence-corrected chi connectivity index (χ0v) is 19.9. The van der Waals surface area contributed by atoms with Crippen LogP contribution in [-0.2, 0) is 19.6 Å². The molecule has 0 spiro atoms. The molecule has 1 saturated heterocycles. The van der Waals surface area contributed by atoms with Crippen LogP contribution in [0.25, 0.3) is 0 Å². The second kappa shape index (κ2) is 11.4. The first-order valence-corrected chi connectivity index (χ1v) is 13.0. The van der Waals surface area contributed by atoms with E-state index in [-0.39, 0.29) is 27.5 Å². The summed E-state index contributed by atoms with van der Waals surface area (Å²) < 4.78 is 33.2. The number of halogens is 2. The van der Waals surface area contributed by atoms with Gasteiger partial charge in [-0.05, 0) is 43.6 Å². The van der Waals surface area contributed by atoms with Gasteiger partial charge in [0.05, 0.1) is 11.6 Å². The Hall–Kier alpha value is -1.20. The molecule has 168 valence electrons. The van der Waals surface area contributed by atoms with Crippen molar-refractivity contribution in [3.63, 3.8) is 0 Å². The molecule has 30 heavy (non-hydrogen) atoms. The smallest absolute Gasteiger partial charge is 0.409 e. The van der Waals surface area contributed by atoms with Gasteiger partial charge in [0.25, 0.3) is 0 Å². The van der Waals surface area contributed by atoms with Gasteiger partial charge in [-0.2, -0.15) is 16.5 Å². The number of hydrogen-bond donors (Lipinski definition) is 1. The van der Waals surface area contributed by atoms with Crippen LogP contribution >= 0.6 is 35.0 Å². The number of hydrogen-bond acceptors (Lipinski definition) is 6. The van der Waals surface area contributed by atoms with Crippen molar-refractivity contribution < 1.29 is 22.7 Å². The summed E-state index contributed by atoms with van der Waals surface area (Å²) >= 11 is 13.5. The van der Waals surface area contributed by atoms with Crippen molar-refractivity contribution in [1.29, 1.82) is 0 Å². The number of thioether (sulfide) groups is 1. The average molecular weight is 498 g/mol. The van der Waals surface area contributed by atoms with Gasteiger partial charge >= 0.3 is 6.09 Å². The van der Waals surface area contributed by atoms with E-state index in [0.717, 1.165) is 0 Å². The molecule has 0 bridgehead atoms. The highest BCUT2D eigenvalue weighted by atomic mass is 35.5. The molecular weight excluding hydrogens is 473 g/mol. The van der Waals surface area contributed by atoms with E-state index in [4.69, 9.17) is 27.9 Å². The van der Waals surface area contributed by atoms with Crippen LogP contribution in [-0.4, -0.2) is 81.1 Å². The topological polar surface area (TPSA) is 96.0 Å². The molecule has 8 nitrogen and oxygen atoms in total. The predicted molar refractivity (Wildman–Crippen MR) is 119 cm³/mol. The van der Waals surface area contributed by atoms with Crippen molar-refractivity contribution in [2.24, 2.45) is 0 Å². The van der Waals surface area contributed by atoms with E-state index in [1.807, 2.05) is 6.26 Å².